The SMILES string of the molecule is CC[C@H](O)c1cc(C)c(Nc2ncccc2-c2cc(NC(=O)[C@H]3CC3(F)F)ncn2)cn1. The summed E-state index contributed by atoms with van der Waals surface area (Å²) >= 11 is 0. The van der Waals surface area contributed by atoms with Crippen LogP contribution in [-0.4, -0.2) is 36.9 Å². The summed E-state index contributed by atoms with van der Waals surface area (Å²) < 4.78 is 26.3. The van der Waals surface area contributed by atoms with Crippen molar-refractivity contribution in [3.8, 4) is 11.3 Å². The molecular formula is C22H22F2N6O2. The van der Waals surface area contributed by atoms with Crippen LogP contribution >= 0.6 is 0 Å². The van der Waals surface area contributed by atoms with Crippen LogP contribution in [0.1, 0.15) is 37.1 Å². The van der Waals surface area contributed by atoms with Gasteiger partial charge in [0.1, 0.15) is 23.9 Å². The van der Waals surface area contributed by atoms with Crippen molar-refractivity contribution in [1.82, 2.24) is 19.9 Å². The largest absolute Gasteiger partial charge is 0.387 e. The monoisotopic (exact) mass is 440 g/mol. The fourth-order valence-electron chi connectivity index (χ4n) is 3.22. The second-order valence-electron chi connectivity index (χ2n) is 7.67. The third-order valence-electron chi connectivity index (χ3n) is 5.26. The number of hydrogen-bond acceptors (Lipinski definition) is 7. The molecule has 10 heteroatoms. The van der Waals surface area contributed by atoms with Crippen molar-refractivity contribution >= 4 is 23.2 Å². The highest BCUT2D eigenvalue weighted by molar-refractivity contribution is 5.95. The maximum absolute atomic E-state index is 13.1. The van der Waals surface area contributed by atoms with Crippen LogP contribution in [0.25, 0.3) is 11.3 Å². The number of nitrogens with one attached hydrogen (secondary N) is 2. The molecule has 32 heavy (non-hydrogen) atoms. The lowest BCUT2D eigenvalue weighted by Crippen LogP contribution is -2.18. The molecule has 1 aliphatic carbocycles. The highest BCUT2D eigenvalue weighted by Gasteiger charge is 2.61. The predicted molar refractivity (Wildman–Crippen MR) is 114 cm³/mol. The van der Waals surface area contributed by atoms with Gasteiger partial charge in [0.2, 0.25) is 5.91 Å². The van der Waals surface area contributed by atoms with Crippen molar-refractivity contribution in [1.29, 1.82) is 0 Å². The molecule has 1 saturated carbocycles. The molecule has 0 saturated heterocycles. The first-order valence-electron chi connectivity index (χ1n) is 10.2. The number of aromatic nitrogens is 4. The number of carbonyl (C=O) groups is 1. The third-order valence-corrected chi connectivity index (χ3v) is 5.26. The summed E-state index contributed by atoms with van der Waals surface area (Å²) in [6, 6.07) is 6.84. The van der Waals surface area contributed by atoms with Crippen LogP contribution in [0.5, 0.6) is 0 Å². The lowest BCUT2D eigenvalue weighted by Gasteiger charge is -2.14. The zero-order valence-corrected chi connectivity index (χ0v) is 17.5. The number of pyridine rings is 2. The van der Waals surface area contributed by atoms with E-state index in [0.717, 1.165) is 5.56 Å². The van der Waals surface area contributed by atoms with Gasteiger partial charge >= 0.3 is 0 Å². The van der Waals surface area contributed by atoms with Crippen LogP contribution in [0, 0.1) is 12.8 Å². The number of amides is 1. The maximum atomic E-state index is 13.1. The van der Waals surface area contributed by atoms with E-state index in [1.54, 1.807) is 24.5 Å². The minimum Gasteiger partial charge on any atom is -0.387 e. The Bertz CT molecular complexity index is 1160. The highest BCUT2D eigenvalue weighted by atomic mass is 19.3. The van der Waals surface area contributed by atoms with Crippen molar-refractivity contribution in [3.63, 3.8) is 0 Å². The molecule has 166 valence electrons. The molecule has 0 aliphatic heterocycles. The van der Waals surface area contributed by atoms with Gasteiger partial charge in [0.15, 0.2) is 0 Å². The van der Waals surface area contributed by atoms with Gasteiger partial charge in [0, 0.05) is 24.2 Å². The normalized spacial score (nSPS) is 17.5. The summed E-state index contributed by atoms with van der Waals surface area (Å²) in [5.41, 5.74) is 3.25. The number of aliphatic hydroxyl groups is 1. The molecule has 0 bridgehead atoms. The Morgan fingerprint density at radius 1 is 1.28 bits per heavy atom. The van der Waals surface area contributed by atoms with Gasteiger partial charge in [-0.15, -0.1) is 0 Å². The number of anilines is 3. The van der Waals surface area contributed by atoms with Gasteiger partial charge in [0.25, 0.3) is 5.92 Å². The van der Waals surface area contributed by atoms with Crippen LogP contribution in [0.2, 0.25) is 0 Å². The number of carbonyl (C=O) groups excluding carboxylic acids is 1. The highest BCUT2D eigenvalue weighted by Crippen LogP contribution is 2.49. The van der Waals surface area contributed by atoms with E-state index >= 15 is 0 Å². The summed E-state index contributed by atoms with van der Waals surface area (Å²) in [7, 11) is 0. The molecule has 8 nitrogen and oxygen atoms in total. The average Bonchev–Trinajstić information content (AvgIpc) is 3.43. The summed E-state index contributed by atoms with van der Waals surface area (Å²) in [5.74, 6) is -4.41. The van der Waals surface area contributed by atoms with Gasteiger partial charge in [-0.1, -0.05) is 6.92 Å². The molecule has 4 rings (SSSR count). The Morgan fingerprint density at radius 3 is 2.75 bits per heavy atom. The van der Waals surface area contributed by atoms with Crippen LogP contribution in [0.4, 0.5) is 26.1 Å². The van der Waals surface area contributed by atoms with E-state index in [4.69, 9.17) is 0 Å². The molecule has 0 spiro atoms. The van der Waals surface area contributed by atoms with E-state index in [0.29, 0.717) is 34.9 Å². The second-order valence-corrected chi connectivity index (χ2v) is 7.67. The zero-order chi connectivity index (χ0) is 22.9. The topological polar surface area (TPSA) is 113 Å². The number of hydrogen-bond donors (Lipinski definition) is 3. The summed E-state index contributed by atoms with van der Waals surface area (Å²) in [6.45, 7) is 3.77. The first kappa shape index (κ1) is 21.7. The fourth-order valence-corrected chi connectivity index (χ4v) is 3.22. The molecule has 3 N–H and O–H groups in total. The molecule has 2 atom stereocenters. The molecule has 0 unspecified atom stereocenters. The number of nitrogens with zero attached hydrogens (tertiary/aromatic N) is 4. The van der Waals surface area contributed by atoms with Gasteiger partial charge in [-0.2, -0.15) is 0 Å². The van der Waals surface area contributed by atoms with Crippen molar-refractivity contribution in [2.24, 2.45) is 5.92 Å². The number of rotatable bonds is 7. The summed E-state index contributed by atoms with van der Waals surface area (Å²) in [6.07, 6.45) is 3.98. The smallest absolute Gasteiger partial charge is 0.260 e. The lowest BCUT2D eigenvalue weighted by atomic mass is 10.1. The Balaban J connectivity index is 1.57. The van der Waals surface area contributed by atoms with Crippen LogP contribution in [0.15, 0.2) is 43.0 Å². The molecule has 0 radical (unpaired) electrons. The molecule has 1 aliphatic rings. The predicted octanol–water partition coefficient (Wildman–Crippen LogP) is 4.02. The van der Waals surface area contributed by atoms with Crippen molar-refractivity contribution in [3.05, 3.63) is 54.2 Å². The molecule has 3 aromatic heterocycles. The lowest BCUT2D eigenvalue weighted by molar-refractivity contribution is -0.119. The van der Waals surface area contributed by atoms with Crippen molar-refractivity contribution in [2.75, 3.05) is 10.6 Å². The van der Waals surface area contributed by atoms with E-state index in [2.05, 4.69) is 30.6 Å². The minimum atomic E-state index is -2.95. The standard InChI is InChI=1S/C22H22F2N6O2/c1-3-18(31)16-7-12(2)17(10-26-16)29-20-13(5-4-6-25-20)15-8-19(28-11-27-15)30-21(32)14-9-22(14,23)24/h4-8,10-11,14,18,31H,3,9H2,1-2H3,(H,25,29)(H,27,28,30,32)/t14-,18+/m1/s1. The average molecular weight is 440 g/mol. The van der Waals surface area contributed by atoms with Gasteiger partial charge in [-0.25, -0.2) is 23.7 Å². The number of alkyl halides is 2. The molecular weight excluding hydrogens is 418 g/mol. The van der Waals surface area contributed by atoms with E-state index in [-0.39, 0.29) is 5.82 Å². The van der Waals surface area contributed by atoms with Crippen LogP contribution in [0.3, 0.4) is 0 Å². The first-order chi connectivity index (χ1) is 15.3. The Morgan fingerprint density at radius 2 is 2.06 bits per heavy atom. The summed E-state index contributed by atoms with van der Waals surface area (Å²) in [5, 5.41) is 15.6. The Hall–Kier alpha value is -3.53. The van der Waals surface area contributed by atoms with E-state index in [1.165, 1.54) is 12.4 Å². The van der Waals surface area contributed by atoms with Gasteiger partial charge < -0.3 is 15.7 Å². The molecule has 0 aromatic carbocycles. The third kappa shape index (κ3) is 4.54. The Labute approximate surface area is 183 Å². The molecule has 3 aromatic rings. The van der Waals surface area contributed by atoms with E-state index in [9.17, 15) is 18.7 Å². The van der Waals surface area contributed by atoms with E-state index in [1.807, 2.05) is 19.9 Å². The minimum absolute atomic E-state index is 0.133. The van der Waals surface area contributed by atoms with E-state index < -0.39 is 30.3 Å². The molecule has 1 amide bonds. The second kappa shape index (κ2) is 8.54. The van der Waals surface area contributed by atoms with Crippen LogP contribution in [-0.2, 0) is 4.79 Å². The zero-order valence-electron chi connectivity index (χ0n) is 17.5. The first-order valence-corrected chi connectivity index (χ1v) is 10.2. The quantitative estimate of drug-likeness (QED) is 0.508. The van der Waals surface area contributed by atoms with Crippen molar-refractivity contribution < 1.29 is 18.7 Å². The maximum Gasteiger partial charge on any atom is 0.260 e. The number of halogens is 2. The number of aryl methyl sites for hydroxylation is 1. The van der Waals surface area contributed by atoms with Gasteiger partial charge in [0.05, 0.1) is 29.4 Å². The number of aliphatic hydroxyl groups excluding tert-OH is 1. The summed E-state index contributed by atoms with van der Waals surface area (Å²) in [4.78, 5) is 28.9. The van der Waals surface area contributed by atoms with Gasteiger partial charge in [-0.3, -0.25) is 9.78 Å². The Kier molecular flexibility index (Phi) is 5.79. The molecule has 1 fully saturated rings. The van der Waals surface area contributed by atoms with Gasteiger partial charge in [-0.05, 0) is 37.1 Å². The fraction of sp³-hybridized carbons (Fsp3) is 0.318. The van der Waals surface area contributed by atoms with Crippen LogP contribution < -0.4 is 10.6 Å². The van der Waals surface area contributed by atoms with Crippen molar-refractivity contribution in [2.45, 2.75) is 38.7 Å². The molecule has 3 heterocycles.